The van der Waals surface area contributed by atoms with Gasteiger partial charge in [0.25, 0.3) is 0 Å². The molecule has 0 aromatic carbocycles. The summed E-state index contributed by atoms with van der Waals surface area (Å²) in [4.78, 5) is 11.0. The van der Waals surface area contributed by atoms with Crippen molar-refractivity contribution in [2.75, 3.05) is 0 Å². The summed E-state index contributed by atoms with van der Waals surface area (Å²) in [5.74, 6) is -0.191. The van der Waals surface area contributed by atoms with Gasteiger partial charge in [-0.25, -0.2) is 0 Å². The van der Waals surface area contributed by atoms with Gasteiger partial charge >= 0.3 is 0 Å². The van der Waals surface area contributed by atoms with Gasteiger partial charge in [-0.15, -0.1) is 0 Å². The van der Waals surface area contributed by atoms with Crippen molar-refractivity contribution < 1.29 is 4.79 Å². The average molecular weight is 166 g/mol. The molecule has 0 aromatic rings. The SMILES string of the molecule is CC[C@H](C#N)NC(=O)C=C(C)C. The summed E-state index contributed by atoms with van der Waals surface area (Å²) in [5.41, 5.74) is 0.931. The fourth-order valence-electron chi connectivity index (χ4n) is 0.701. The minimum Gasteiger partial charge on any atom is -0.337 e. The third-order valence-electron chi connectivity index (χ3n) is 1.30. The van der Waals surface area contributed by atoms with Crippen LogP contribution >= 0.6 is 0 Å². The maximum absolute atomic E-state index is 11.0. The quantitative estimate of drug-likeness (QED) is 0.644. The molecule has 0 aliphatic carbocycles. The van der Waals surface area contributed by atoms with Crippen molar-refractivity contribution in [2.45, 2.75) is 33.2 Å². The van der Waals surface area contributed by atoms with E-state index in [1.54, 1.807) is 0 Å². The summed E-state index contributed by atoms with van der Waals surface area (Å²) in [6.07, 6.45) is 2.12. The van der Waals surface area contributed by atoms with Gasteiger partial charge in [0, 0.05) is 6.08 Å². The van der Waals surface area contributed by atoms with Crippen LogP contribution in [0.4, 0.5) is 0 Å². The van der Waals surface area contributed by atoms with Crippen LogP contribution in [0.25, 0.3) is 0 Å². The van der Waals surface area contributed by atoms with Crippen LogP contribution in [-0.4, -0.2) is 11.9 Å². The Balaban J connectivity index is 4.02. The van der Waals surface area contributed by atoms with E-state index in [1.807, 2.05) is 26.8 Å². The first-order valence-corrected chi connectivity index (χ1v) is 3.95. The van der Waals surface area contributed by atoms with Gasteiger partial charge in [-0.2, -0.15) is 5.26 Å². The van der Waals surface area contributed by atoms with Crippen molar-refractivity contribution >= 4 is 5.91 Å². The molecule has 0 heterocycles. The Bertz CT molecular complexity index is 221. The van der Waals surface area contributed by atoms with Gasteiger partial charge in [-0.05, 0) is 20.3 Å². The van der Waals surface area contributed by atoms with Crippen LogP contribution in [0.15, 0.2) is 11.6 Å². The van der Waals surface area contributed by atoms with E-state index in [0.29, 0.717) is 6.42 Å². The number of nitriles is 1. The lowest BCUT2D eigenvalue weighted by molar-refractivity contribution is -0.116. The minimum atomic E-state index is -0.368. The van der Waals surface area contributed by atoms with E-state index in [9.17, 15) is 4.79 Å². The van der Waals surface area contributed by atoms with E-state index in [0.717, 1.165) is 5.57 Å². The summed E-state index contributed by atoms with van der Waals surface area (Å²) >= 11 is 0. The number of nitrogens with one attached hydrogen (secondary N) is 1. The summed E-state index contributed by atoms with van der Waals surface area (Å²) < 4.78 is 0. The second-order valence-corrected chi connectivity index (χ2v) is 2.82. The largest absolute Gasteiger partial charge is 0.337 e. The highest BCUT2D eigenvalue weighted by atomic mass is 16.1. The van der Waals surface area contributed by atoms with Crippen LogP contribution in [0.1, 0.15) is 27.2 Å². The van der Waals surface area contributed by atoms with Crippen molar-refractivity contribution in [3.63, 3.8) is 0 Å². The van der Waals surface area contributed by atoms with Crippen molar-refractivity contribution in [2.24, 2.45) is 0 Å². The molecule has 0 bridgehead atoms. The number of rotatable bonds is 3. The van der Waals surface area contributed by atoms with E-state index >= 15 is 0 Å². The third kappa shape index (κ3) is 4.51. The molecule has 0 unspecified atom stereocenters. The molecule has 1 amide bonds. The standard InChI is InChI=1S/C9H14N2O/c1-4-8(6-10)11-9(12)5-7(2)3/h5,8H,4H2,1-3H3,(H,11,12)/t8-/m1/s1. The summed E-state index contributed by atoms with van der Waals surface area (Å²) in [6, 6.07) is 1.63. The third-order valence-corrected chi connectivity index (χ3v) is 1.30. The van der Waals surface area contributed by atoms with Gasteiger partial charge in [-0.3, -0.25) is 4.79 Å². The molecule has 1 N–H and O–H groups in total. The first-order chi connectivity index (χ1) is 5.60. The monoisotopic (exact) mass is 166 g/mol. The summed E-state index contributed by atoms with van der Waals surface area (Å²) in [6.45, 7) is 5.54. The zero-order valence-corrected chi connectivity index (χ0v) is 7.72. The van der Waals surface area contributed by atoms with Gasteiger partial charge in [0.05, 0.1) is 6.07 Å². The van der Waals surface area contributed by atoms with Crippen molar-refractivity contribution in [3.8, 4) is 6.07 Å². The van der Waals surface area contributed by atoms with E-state index < -0.39 is 0 Å². The highest BCUT2D eigenvalue weighted by molar-refractivity contribution is 5.88. The smallest absolute Gasteiger partial charge is 0.244 e. The van der Waals surface area contributed by atoms with Gasteiger partial charge in [0.1, 0.15) is 6.04 Å². The second kappa shape index (κ2) is 5.36. The van der Waals surface area contributed by atoms with Gasteiger partial charge in [0.15, 0.2) is 0 Å². The van der Waals surface area contributed by atoms with Crippen LogP contribution in [-0.2, 0) is 4.79 Å². The molecule has 0 aliphatic rings. The van der Waals surface area contributed by atoms with Crippen molar-refractivity contribution in [1.29, 1.82) is 5.26 Å². The van der Waals surface area contributed by atoms with Crippen LogP contribution in [0.2, 0.25) is 0 Å². The molecule has 12 heavy (non-hydrogen) atoms. The zero-order chi connectivity index (χ0) is 9.56. The lowest BCUT2D eigenvalue weighted by atomic mass is 10.2. The fourth-order valence-corrected chi connectivity index (χ4v) is 0.701. The topological polar surface area (TPSA) is 52.9 Å². The Kier molecular flexibility index (Phi) is 4.78. The molecular formula is C9H14N2O. The molecule has 1 atom stereocenters. The Morgan fingerprint density at radius 2 is 2.25 bits per heavy atom. The van der Waals surface area contributed by atoms with E-state index in [-0.39, 0.29) is 11.9 Å². The molecule has 3 nitrogen and oxygen atoms in total. The molecule has 0 radical (unpaired) electrons. The van der Waals surface area contributed by atoms with Crippen LogP contribution in [0.3, 0.4) is 0 Å². The molecule has 0 rings (SSSR count). The number of carbonyl (C=O) groups excluding carboxylic acids is 1. The molecule has 0 saturated heterocycles. The van der Waals surface area contributed by atoms with Gasteiger partial charge in [-0.1, -0.05) is 12.5 Å². The molecule has 0 fully saturated rings. The summed E-state index contributed by atoms with van der Waals surface area (Å²) in [5, 5.41) is 11.1. The first-order valence-electron chi connectivity index (χ1n) is 3.95. The highest BCUT2D eigenvalue weighted by Gasteiger charge is 2.05. The molecule has 0 aromatic heterocycles. The fraction of sp³-hybridized carbons (Fsp3) is 0.556. The van der Waals surface area contributed by atoms with Crippen molar-refractivity contribution in [1.82, 2.24) is 5.32 Å². The highest BCUT2D eigenvalue weighted by Crippen LogP contribution is 1.91. The van der Waals surface area contributed by atoms with Gasteiger partial charge < -0.3 is 5.32 Å². The summed E-state index contributed by atoms with van der Waals surface area (Å²) in [7, 11) is 0. The average Bonchev–Trinajstić information content (AvgIpc) is 1.98. The molecule has 0 aliphatic heterocycles. The van der Waals surface area contributed by atoms with Crippen LogP contribution in [0, 0.1) is 11.3 Å². The van der Waals surface area contributed by atoms with Crippen molar-refractivity contribution in [3.05, 3.63) is 11.6 Å². The number of amides is 1. The first kappa shape index (κ1) is 10.7. The van der Waals surface area contributed by atoms with E-state index in [2.05, 4.69) is 5.32 Å². The van der Waals surface area contributed by atoms with Crippen LogP contribution in [0.5, 0.6) is 0 Å². The number of carbonyl (C=O) groups is 1. The maximum atomic E-state index is 11.0. The normalized spacial score (nSPS) is 11.2. The molecule has 66 valence electrons. The van der Waals surface area contributed by atoms with E-state index in [4.69, 9.17) is 5.26 Å². The lowest BCUT2D eigenvalue weighted by Gasteiger charge is -2.05. The van der Waals surface area contributed by atoms with Crippen LogP contribution < -0.4 is 5.32 Å². The predicted molar refractivity (Wildman–Crippen MR) is 47.3 cm³/mol. The zero-order valence-electron chi connectivity index (χ0n) is 7.72. The predicted octanol–water partition coefficient (Wildman–Crippen LogP) is 1.37. The van der Waals surface area contributed by atoms with Gasteiger partial charge in [0.2, 0.25) is 5.91 Å². The molecule has 0 spiro atoms. The number of hydrogen-bond acceptors (Lipinski definition) is 2. The molecular weight excluding hydrogens is 152 g/mol. The number of allylic oxidation sites excluding steroid dienone is 1. The van der Waals surface area contributed by atoms with E-state index in [1.165, 1.54) is 6.08 Å². The molecule has 3 heteroatoms. The molecule has 0 saturated carbocycles. The minimum absolute atomic E-state index is 0.191. The number of hydrogen-bond donors (Lipinski definition) is 1. The Morgan fingerprint density at radius 3 is 2.58 bits per heavy atom. The second-order valence-electron chi connectivity index (χ2n) is 2.82. The maximum Gasteiger partial charge on any atom is 0.244 e. The Hall–Kier alpha value is -1.30. The number of nitrogens with zero attached hydrogens (tertiary/aromatic N) is 1. The Morgan fingerprint density at radius 1 is 1.67 bits per heavy atom. The Labute approximate surface area is 73.1 Å². The lowest BCUT2D eigenvalue weighted by Crippen LogP contribution is -2.31.